The summed E-state index contributed by atoms with van der Waals surface area (Å²) in [4.78, 5) is 35.6. The van der Waals surface area contributed by atoms with Gasteiger partial charge in [0.1, 0.15) is 6.61 Å². The molecule has 3 rings (SSSR count). The van der Waals surface area contributed by atoms with E-state index in [-0.39, 0.29) is 24.2 Å². The van der Waals surface area contributed by atoms with Crippen LogP contribution >= 0.6 is 0 Å². The highest BCUT2D eigenvalue weighted by molar-refractivity contribution is 5.86. The van der Waals surface area contributed by atoms with Crippen molar-refractivity contribution in [2.75, 3.05) is 13.2 Å². The molecule has 0 bridgehead atoms. The summed E-state index contributed by atoms with van der Waals surface area (Å²) in [6.07, 6.45) is -2.38. The molecule has 3 fully saturated rings. The molecular formula is C16H22F3N3O4. The average molecular weight is 377 g/mol. The topological polar surface area (TPSA) is 111 Å². The number of primary amides is 1. The number of carbonyl (C=O) groups excluding carboxylic acids is 3. The first-order valence-corrected chi connectivity index (χ1v) is 8.69. The van der Waals surface area contributed by atoms with Crippen LogP contribution in [0.2, 0.25) is 0 Å². The first kappa shape index (κ1) is 19.1. The van der Waals surface area contributed by atoms with E-state index in [1.165, 1.54) is 0 Å². The van der Waals surface area contributed by atoms with Gasteiger partial charge in [0, 0.05) is 23.9 Å². The molecule has 0 aromatic carbocycles. The van der Waals surface area contributed by atoms with Crippen molar-refractivity contribution in [3.05, 3.63) is 0 Å². The molecule has 10 heteroatoms. The largest absolute Gasteiger partial charge is 0.522 e. The van der Waals surface area contributed by atoms with Crippen LogP contribution in [0.25, 0.3) is 0 Å². The lowest BCUT2D eigenvalue weighted by Crippen LogP contribution is -2.42. The Morgan fingerprint density at radius 2 is 2.08 bits per heavy atom. The second-order valence-corrected chi connectivity index (χ2v) is 7.42. The summed E-state index contributed by atoms with van der Waals surface area (Å²) >= 11 is 0. The lowest BCUT2D eigenvalue weighted by molar-refractivity contribution is -0.321. The fraction of sp³-hybridized carbons (Fsp3) is 0.812. The second kappa shape index (κ2) is 6.80. The lowest BCUT2D eigenvalue weighted by atomic mass is 9.85. The number of nitrogens with one attached hydrogen (secondary N) is 2. The van der Waals surface area contributed by atoms with Gasteiger partial charge in [0.25, 0.3) is 0 Å². The molecule has 4 N–H and O–H groups in total. The van der Waals surface area contributed by atoms with Crippen LogP contribution in [0.4, 0.5) is 13.2 Å². The minimum Gasteiger partial charge on any atom is -0.368 e. The molecule has 3 aliphatic rings. The molecule has 0 aromatic rings. The Morgan fingerprint density at radius 1 is 1.35 bits per heavy atom. The number of hydrogen-bond acceptors (Lipinski definition) is 5. The molecule has 2 saturated heterocycles. The van der Waals surface area contributed by atoms with Gasteiger partial charge in [0.05, 0.1) is 6.04 Å². The molecule has 0 aromatic heterocycles. The van der Waals surface area contributed by atoms with Crippen molar-refractivity contribution in [3.8, 4) is 0 Å². The summed E-state index contributed by atoms with van der Waals surface area (Å²) in [7, 11) is 0. The minimum atomic E-state index is -4.88. The third kappa shape index (κ3) is 4.01. The van der Waals surface area contributed by atoms with Crippen LogP contribution in [-0.2, 0) is 19.1 Å². The molecule has 2 aliphatic heterocycles. The number of carbonyl (C=O) groups is 3. The lowest BCUT2D eigenvalue weighted by Gasteiger charge is -2.22. The number of rotatable bonds is 7. The van der Waals surface area contributed by atoms with Crippen molar-refractivity contribution >= 4 is 17.6 Å². The van der Waals surface area contributed by atoms with E-state index in [4.69, 9.17) is 5.73 Å². The van der Waals surface area contributed by atoms with Gasteiger partial charge in [-0.3, -0.25) is 24.4 Å². The Kier molecular flexibility index (Phi) is 5.00. The summed E-state index contributed by atoms with van der Waals surface area (Å²) in [5.41, 5.74) is 4.86. The number of nitrogens with two attached hydrogens (primary N) is 1. The molecule has 1 saturated carbocycles. The highest BCUT2D eigenvalue weighted by Crippen LogP contribution is 2.56. The zero-order valence-corrected chi connectivity index (χ0v) is 14.1. The van der Waals surface area contributed by atoms with Crippen molar-refractivity contribution < 1.29 is 32.3 Å². The van der Waals surface area contributed by atoms with E-state index >= 15 is 0 Å². The van der Waals surface area contributed by atoms with Crippen molar-refractivity contribution in [3.63, 3.8) is 0 Å². The van der Waals surface area contributed by atoms with E-state index in [9.17, 15) is 27.6 Å². The van der Waals surface area contributed by atoms with E-state index in [0.29, 0.717) is 32.2 Å². The van der Waals surface area contributed by atoms with Gasteiger partial charge in [-0.1, -0.05) is 0 Å². The Hall–Kier alpha value is -1.68. The molecule has 0 radical (unpaired) electrons. The molecule has 2 heterocycles. The van der Waals surface area contributed by atoms with Gasteiger partial charge in [-0.25, -0.2) is 0 Å². The fourth-order valence-corrected chi connectivity index (χ4v) is 4.38. The monoisotopic (exact) mass is 377 g/mol. The summed E-state index contributed by atoms with van der Waals surface area (Å²) in [5, 5.41) is 5.82. The average Bonchev–Trinajstić information content (AvgIpc) is 2.86. The number of amides is 2. The zero-order chi connectivity index (χ0) is 19.1. The summed E-state index contributed by atoms with van der Waals surface area (Å²) in [6, 6.07) is -0.489. The number of Topliss-reactive ketones (excluding diaryl/α,β-unsaturated/α-hetero) is 1. The van der Waals surface area contributed by atoms with Crippen LogP contribution in [0.15, 0.2) is 0 Å². The predicted molar refractivity (Wildman–Crippen MR) is 82.4 cm³/mol. The highest BCUT2D eigenvalue weighted by atomic mass is 19.4. The van der Waals surface area contributed by atoms with Gasteiger partial charge in [0.2, 0.25) is 11.8 Å². The van der Waals surface area contributed by atoms with Crippen LogP contribution in [0, 0.1) is 17.8 Å². The van der Waals surface area contributed by atoms with E-state index < -0.39 is 42.2 Å². The van der Waals surface area contributed by atoms with E-state index in [1.54, 1.807) is 0 Å². The molecular weight excluding hydrogens is 355 g/mol. The molecule has 3 unspecified atom stereocenters. The first-order valence-electron chi connectivity index (χ1n) is 8.69. The van der Waals surface area contributed by atoms with Gasteiger partial charge in [0.15, 0.2) is 5.78 Å². The number of halogens is 3. The summed E-state index contributed by atoms with van der Waals surface area (Å²) in [6.45, 7) is -0.560. The highest BCUT2D eigenvalue weighted by Gasteiger charge is 2.62. The Labute approximate surface area is 148 Å². The van der Waals surface area contributed by atoms with Gasteiger partial charge < -0.3 is 11.1 Å². The zero-order valence-electron chi connectivity index (χ0n) is 14.1. The van der Waals surface area contributed by atoms with Gasteiger partial charge in [-0.15, -0.1) is 13.2 Å². The maximum atomic E-state index is 12.4. The quantitative estimate of drug-likeness (QED) is 0.588. The smallest absolute Gasteiger partial charge is 0.368 e. The molecule has 1 aliphatic carbocycles. The normalized spacial score (nSPS) is 34.7. The molecule has 146 valence electrons. The number of ether oxygens (including phenoxy) is 1. The summed E-state index contributed by atoms with van der Waals surface area (Å²) in [5.74, 6) is -2.64. The fourth-order valence-electron chi connectivity index (χ4n) is 4.38. The van der Waals surface area contributed by atoms with Crippen LogP contribution in [0.5, 0.6) is 0 Å². The van der Waals surface area contributed by atoms with Gasteiger partial charge in [-0.05, 0) is 38.0 Å². The van der Waals surface area contributed by atoms with Crippen LogP contribution in [0.1, 0.15) is 32.1 Å². The maximum absolute atomic E-state index is 12.4. The number of alkyl halides is 3. The number of hydrogen-bond donors (Lipinski definition) is 3. The third-order valence-electron chi connectivity index (χ3n) is 5.80. The minimum absolute atomic E-state index is 0.177. The van der Waals surface area contributed by atoms with Crippen LogP contribution < -0.4 is 16.4 Å². The summed E-state index contributed by atoms with van der Waals surface area (Å²) < 4.78 is 40.6. The Morgan fingerprint density at radius 3 is 2.62 bits per heavy atom. The van der Waals surface area contributed by atoms with E-state index in [0.717, 1.165) is 0 Å². The van der Waals surface area contributed by atoms with Gasteiger partial charge in [-0.2, -0.15) is 0 Å². The molecule has 2 amide bonds. The molecule has 7 nitrogen and oxygen atoms in total. The van der Waals surface area contributed by atoms with Gasteiger partial charge >= 0.3 is 6.36 Å². The SMILES string of the molecule is NC(=O)C1CCC2(CC2[C@H](C[C@H]2CCNC2=O)C(=O)COC(F)(F)F)N1. The van der Waals surface area contributed by atoms with E-state index in [2.05, 4.69) is 15.4 Å². The van der Waals surface area contributed by atoms with Crippen LogP contribution in [0.3, 0.4) is 0 Å². The molecule has 26 heavy (non-hydrogen) atoms. The Balaban J connectivity index is 1.68. The molecule has 5 atom stereocenters. The third-order valence-corrected chi connectivity index (χ3v) is 5.80. The standard InChI is InChI=1S/C16H22F3N3O4/c17-16(18,19)26-7-12(23)9(5-8-2-4-21-14(8)25)10-6-15(10)3-1-11(22-15)13(20)24/h8-11,22H,1-7H2,(H2,20,24)(H,21,25)/t8-,9+,10?,11?,15?/m1/s1. The van der Waals surface area contributed by atoms with E-state index in [1.807, 2.05) is 0 Å². The number of ketones is 1. The van der Waals surface area contributed by atoms with Crippen molar-refractivity contribution in [1.29, 1.82) is 0 Å². The van der Waals surface area contributed by atoms with Crippen molar-refractivity contribution in [2.24, 2.45) is 23.5 Å². The maximum Gasteiger partial charge on any atom is 0.522 e. The molecule has 1 spiro atoms. The van der Waals surface area contributed by atoms with Crippen LogP contribution in [-0.4, -0.2) is 48.7 Å². The van der Waals surface area contributed by atoms with Crippen molar-refractivity contribution in [1.82, 2.24) is 10.6 Å². The predicted octanol–water partition coefficient (Wildman–Crippen LogP) is 0.230. The first-order chi connectivity index (χ1) is 12.1. The Bertz CT molecular complexity index is 612. The second-order valence-electron chi connectivity index (χ2n) is 7.42. The van der Waals surface area contributed by atoms with Crippen molar-refractivity contribution in [2.45, 2.75) is 50.0 Å².